The number of thiophene rings is 1. The second kappa shape index (κ2) is 16.6. The highest BCUT2D eigenvalue weighted by Gasteiger charge is 2.50. The van der Waals surface area contributed by atoms with Crippen LogP contribution >= 0.6 is 11.3 Å². The summed E-state index contributed by atoms with van der Waals surface area (Å²) in [6.45, 7) is 26.2. The first-order valence-corrected chi connectivity index (χ1v) is 26.9. The molecule has 3 aliphatic rings. The van der Waals surface area contributed by atoms with Crippen LogP contribution < -0.4 is 30.4 Å². The minimum atomic E-state index is -0.0969. The molecular weight excluding hydrogens is 890 g/mol. The first kappa shape index (κ1) is 46.3. The Morgan fingerprint density at radius 1 is 0.528 bits per heavy atom. The van der Waals surface area contributed by atoms with Crippen molar-refractivity contribution < 1.29 is 0 Å². The number of para-hydroxylation sites is 2. The first-order valence-electron chi connectivity index (χ1n) is 26.1. The molecule has 8 aromatic carbocycles. The molecule has 1 aliphatic carbocycles. The number of hydrogen-bond donors (Lipinski definition) is 0. The molecule has 5 heteroatoms. The molecule has 0 radical (unpaired) electrons. The van der Waals surface area contributed by atoms with Gasteiger partial charge in [-0.15, -0.1) is 11.3 Å². The van der Waals surface area contributed by atoms with Crippen LogP contribution in [0.3, 0.4) is 0 Å². The van der Waals surface area contributed by atoms with Crippen LogP contribution in [-0.4, -0.2) is 6.71 Å². The van der Waals surface area contributed by atoms with Gasteiger partial charge in [0.15, 0.2) is 0 Å². The summed E-state index contributed by atoms with van der Waals surface area (Å²) in [6, 6.07) is 67.2. The van der Waals surface area contributed by atoms with Crippen LogP contribution in [0, 0.1) is 6.92 Å². The smallest absolute Gasteiger partial charge is 0.264 e. The zero-order valence-electron chi connectivity index (χ0n) is 44.0. The fourth-order valence-corrected chi connectivity index (χ4v) is 13.5. The molecule has 0 bridgehead atoms. The van der Waals surface area contributed by atoms with Crippen LogP contribution in [0.15, 0.2) is 176 Å². The summed E-state index contributed by atoms with van der Waals surface area (Å²) < 4.78 is 2.72. The quantitative estimate of drug-likeness (QED) is 0.154. The lowest BCUT2D eigenvalue weighted by Crippen LogP contribution is -2.61. The Morgan fingerprint density at radius 2 is 1.11 bits per heavy atom. The fraction of sp³-hybridized carbons (Fsp3) is 0.254. The summed E-state index contributed by atoms with van der Waals surface area (Å²) >= 11 is 1.99. The normalized spacial score (nSPS) is 15.5. The van der Waals surface area contributed by atoms with E-state index in [2.05, 4.69) is 267 Å². The van der Waals surface area contributed by atoms with Gasteiger partial charge < -0.3 is 14.7 Å². The van der Waals surface area contributed by atoms with Crippen LogP contribution in [0.2, 0.25) is 0 Å². The molecule has 12 rings (SSSR count). The summed E-state index contributed by atoms with van der Waals surface area (Å²) in [5.74, 6) is 0. The Hall–Kier alpha value is -6.82. The highest BCUT2D eigenvalue weighted by Crippen LogP contribution is 2.57. The Kier molecular flexibility index (Phi) is 10.7. The summed E-state index contributed by atoms with van der Waals surface area (Å²) in [5.41, 5.74) is 22.7. The molecule has 1 aromatic heterocycles. The predicted octanol–water partition coefficient (Wildman–Crippen LogP) is 17.4. The minimum Gasteiger partial charge on any atom is -0.310 e. The highest BCUT2D eigenvalue weighted by atomic mass is 32.1. The van der Waals surface area contributed by atoms with Crippen molar-refractivity contribution in [1.82, 2.24) is 0 Å². The van der Waals surface area contributed by atoms with Gasteiger partial charge in [0.2, 0.25) is 0 Å². The Labute approximate surface area is 432 Å². The van der Waals surface area contributed by atoms with Crippen molar-refractivity contribution in [1.29, 1.82) is 0 Å². The largest absolute Gasteiger partial charge is 0.310 e. The number of anilines is 9. The average molecular weight is 956 g/mol. The lowest BCUT2D eigenvalue weighted by molar-refractivity contribution is 0.333. The Balaban J connectivity index is 1.28. The van der Waals surface area contributed by atoms with Crippen molar-refractivity contribution >= 4 is 95.0 Å². The third-order valence-corrected chi connectivity index (χ3v) is 17.4. The van der Waals surface area contributed by atoms with E-state index in [0.717, 1.165) is 29.9 Å². The topological polar surface area (TPSA) is 9.72 Å². The summed E-state index contributed by atoms with van der Waals surface area (Å²) in [7, 11) is 0. The van der Waals surface area contributed by atoms with Crippen LogP contribution in [0.25, 0.3) is 21.2 Å². The van der Waals surface area contributed by atoms with Crippen LogP contribution in [0.5, 0.6) is 0 Å². The fourth-order valence-electron chi connectivity index (χ4n) is 12.2. The van der Waals surface area contributed by atoms with Crippen molar-refractivity contribution in [3.05, 3.63) is 204 Å². The van der Waals surface area contributed by atoms with Gasteiger partial charge in [-0.05, 0) is 153 Å². The number of benzene rings is 8. The van der Waals surface area contributed by atoms with Gasteiger partial charge >= 0.3 is 0 Å². The van der Waals surface area contributed by atoms with Crippen LogP contribution in [0.1, 0.15) is 110 Å². The predicted molar refractivity (Wildman–Crippen MR) is 313 cm³/mol. The molecule has 0 fully saturated rings. The summed E-state index contributed by atoms with van der Waals surface area (Å²) in [5, 5.41) is 1.31. The Bertz CT molecular complexity index is 3520. The molecule has 0 saturated carbocycles. The number of nitrogens with zero attached hydrogens (tertiary/aromatic N) is 3. The van der Waals surface area contributed by atoms with E-state index in [9.17, 15) is 0 Å². The van der Waals surface area contributed by atoms with Crippen LogP contribution in [-0.2, 0) is 21.7 Å². The number of hydrogen-bond acceptors (Lipinski definition) is 4. The van der Waals surface area contributed by atoms with Crippen molar-refractivity contribution in [2.75, 3.05) is 14.7 Å². The maximum absolute atomic E-state index is 2.75. The molecule has 0 spiro atoms. The zero-order valence-corrected chi connectivity index (χ0v) is 44.8. The van der Waals surface area contributed by atoms with Crippen molar-refractivity contribution in [2.24, 2.45) is 0 Å². The molecule has 0 unspecified atom stereocenters. The van der Waals surface area contributed by atoms with Crippen molar-refractivity contribution in [3.8, 4) is 11.1 Å². The van der Waals surface area contributed by atoms with Gasteiger partial charge in [-0.3, -0.25) is 0 Å². The third kappa shape index (κ3) is 7.44. The van der Waals surface area contributed by atoms with Gasteiger partial charge in [0, 0.05) is 54.6 Å². The minimum absolute atomic E-state index is 0.00249. The SMILES string of the molecule is Cc1ccc2sc3c(c2c1)N(c1ccc(C(C)(C)C)cc1)c1cc(N(c2ccccc2)c2ccccc2)cc2c1B3c1ccc3c(c1N2c1ccc(C(C)(C)C)cc1-c1ccccc1)C(C)(C)CCC3(C)C. The van der Waals surface area contributed by atoms with E-state index in [1.165, 1.54) is 98.9 Å². The lowest BCUT2D eigenvalue weighted by Gasteiger charge is -2.49. The van der Waals surface area contributed by atoms with E-state index in [4.69, 9.17) is 0 Å². The van der Waals surface area contributed by atoms with E-state index in [1.807, 2.05) is 11.3 Å². The van der Waals surface area contributed by atoms with Crippen molar-refractivity contribution in [2.45, 2.75) is 111 Å². The zero-order chi connectivity index (χ0) is 50.1. The van der Waals surface area contributed by atoms with E-state index < -0.39 is 0 Å². The summed E-state index contributed by atoms with van der Waals surface area (Å²) in [6.07, 6.45) is 2.25. The van der Waals surface area contributed by atoms with Gasteiger partial charge in [0.05, 0.1) is 17.1 Å². The molecule has 0 atom stereocenters. The molecular formula is C67H66BN3S. The van der Waals surface area contributed by atoms with Crippen LogP contribution in [0.4, 0.5) is 51.2 Å². The van der Waals surface area contributed by atoms with Gasteiger partial charge in [-0.2, -0.15) is 0 Å². The van der Waals surface area contributed by atoms with E-state index in [1.54, 1.807) is 0 Å². The van der Waals surface area contributed by atoms with E-state index in [0.29, 0.717) is 0 Å². The molecule has 3 nitrogen and oxygen atoms in total. The summed E-state index contributed by atoms with van der Waals surface area (Å²) in [4.78, 5) is 7.87. The van der Waals surface area contributed by atoms with E-state index in [-0.39, 0.29) is 28.4 Å². The molecule has 72 heavy (non-hydrogen) atoms. The second-order valence-electron chi connectivity index (χ2n) is 24.2. The van der Waals surface area contributed by atoms with Gasteiger partial charge in [0.1, 0.15) is 0 Å². The van der Waals surface area contributed by atoms with Gasteiger partial charge in [-0.25, -0.2) is 0 Å². The molecule has 2 aliphatic heterocycles. The number of rotatable bonds is 6. The standard InChI is InChI=1S/C67H66BN3S/c1-43-27-36-58-52(39-43)61-63(72-58)68-54-34-33-53-59(67(10,11)38-37-66(53,8)9)62(54)71(55-35-30-46(65(5,6)7)40-51(55)44-21-15-12-16-22-44)57-42-50(69(47-23-17-13-18-24-47)48-25-19-14-20-26-48)41-56(60(57)68)70(61)49-31-28-45(29-32-49)64(2,3)4/h12-36,39-42H,37-38H2,1-11H3. The first-order chi connectivity index (χ1) is 34.4. The van der Waals surface area contributed by atoms with Gasteiger partial charge in [-0.1, -0.05) is 178 Å². The molecule has 0 saturated heterocycles. The number of fused-ring (bicyclic) bond motifs is 8. The lowest BCUT2D eigenvalue weighted by atomic mass is 9.35. The Morgan fingerprint density at radius 3 is 1.74 bits per heavy atom. The van der Waals surface area contributed by atoms with E-state index >= 15 is 0 Å². The molecule has 0 N–H and O–H groups in total. The number of aryl methyl sites for hydroxylation is 1. The third-order valence-electron chi connectivity index (χ3n) is 16.2. The maximum atomic E-state index is 2.75. The van der Waals surface area contributed by atoms with Crippen molar-refractivity contribution in [3.63, 3.8) is 0 Å². The highest BCUT2D eigenvalue weighted by molar-refractivity contribution is 7.33. The monoisotopic (exact) mass is 956 g/mol. The second-order valence-corrected chi connectivity index (χ2v) is 25.2. The molecule has 0 amide bonds. The van der Waals surface area contributed by atoms with Gasteiger partial charge in [0.25, 0.3) is 6.71 Å². The average Bonchev–Trinajstić information content (AvgIpc) is 3.73. The molecule has 9 aromatic rings. The maximum Gasteiger partial charge on any atom is 0.264 e. The molecule has 3 heterocycles. The molecule has 358 valence electrons.